The van der Waals surface area contributed by atoms with Gasteiger partial charge in [0.1, 0.15) is 4.88 Å². The molecule has 1 amide bonds. The van der Waals surface area contributed by atoms with Crippen molar-refractivity contribution in [2.45, 2.75) is 20.4 Å². The van der Waals surface area contributed by atoms with Crippen LogP contribution in [0.2, 0.25) is 5.02 Å². The maximum absolute atomic E-state index is 12.6. The highest BCUT2D eigenvalue weighted by molar-refractivity contribution is 7.21. The molecule has 0 atom stereocenters. The molecule has 1 aromatic heterocycles. The van der Waals surface area contributed by atoms with Gasteiger partial charge in [-0.05, 0) is 36.9 Å². The zero-order valence-electron chi connectivity index (χ0n) is 14.4. The number of hydrogen-bond acceptors (Lipinski definition) is 3. The van der Waals surface area contributed by atoms with Gasteiger partial charge < -0.3 is 5.32 Å². The van der Waals surface area contributed by atoms with Crippen LogP contribution in [0.3, 0.4) is 0 Å². The van der Waals surface area contributed by atoms with Crippen LogP contribution in [0.1, 0.15) is 29.1 Å². The van der Waals surface area contributed by atoms with Crippen LogP contribution >= 0.6 is 22.9 Å². The first-order valence-corrected chi connectivity index (χ1v) is 9.61. The summed E-state index contributed by atoms with van der Waals surface area (Å²) in [6.45, 7) is 7.29. The molecule has 130 valence electrons. The number of carbonyl (C=O) groups is 1. The second kappa shape index (κ2) is 8.00. The van der Waals surface area contributed by atoms with Crippen molar-refractivity contribution in [1.29, 1.82) is 0 Å². The molecule has 0 aliphatic heterocycles. The van der Waals surface area contributed by atoms with E-state index in [9.17, 15) is 4.79 Å². The second-order valence-corrected chi connectivity index (χ2v) is 7.28. The van der Waals surface area contributed by atoms with Crippen molar-refractivity contribution in [3.8, 4) is 0 Å². The zero-order chi connectivity index (χ0) is 17.8. The summed E-state index contributed by atoms with van der Waals surface area (Å²) < 4.78 is 1.02. The molecule has 5 heteroatoms. The third kappa shape index (κ3) is 4.03. The van der Waals surface area contributed by atoms with Gasteiger partial charge in [0, 0.05) is 22.3 Å². The first-order chi connectivity index (χ1) is 12.1. The monoisotopic (exact) mass is 372 g/mol. The maximum atomic E-state index is 12.6. The molecule has 1 N–H and O–H groups in total. The highest BCUT2D eigenvalue weighted by atomic mass is 35.5. The van der Waals surface area contributed by atoms with Gasteiger partial charge in [-0.3, -0.25) is 9.69 Å². The van der Waals surface area contributed by atoms with Crippen molar-refractivity contribution < 1.29 is 4.79 Å². The molecule has 0 bridgehead atoms. The van der Waals surface area contributed by atoms with Crippen LogP contribution < -0.4 is 5.32 Å². The average Bonchev–Trinajstić information content (AvgIpc) is 2.98. The molecule has 0 aliphatic carbocycles. The quantitative estimate of drug-likeness (QED) is 0.606. The number of anilines is 1. The van der Waals surface area contributed by atoms with E-state index in [0.29, 0.717) is 9.90 Å². The lowest BCUT2D eigenvalue weighted by Gasteiger charge is -2.18. The van der Waals surface area contributed by atoms with Gasteiger partial charge in [0.15, 0.2) is 0 Å². The Morgan fingerprint density at radius 1 is 1.08 bits per heavy atom. The Kier molecular flexibility index (Phi) is 5.74. The molecule has 25 heavy (non-hydrogen) atoms. The molecule has 0 aliphatic rings. The van der Waals surface area contributed by atoms with E-state index in [1.807, 2.05) is 36.4 Å². The van der Waals surface area contributed by atoms with E-state index >= 15 is 0 Å². The molecule has 0 saturated carbocycles. The number of hydrogen-bond donors (Lipinski definition) is 1. The average molecular weight is 373 g/mol. The Morgan fingerprint density at radius 3 is 2.40 bits per heavy atom. The van der Waals surface area contributed by atoms with E-state index in [4.69, 9.17) is 11.6 Å². The summed E-state index contributed by atoms with van der Waals surface area (Å²) in [4.78, 5) is 15.5. The predicted molar refractivity (Wildman–Crippen MR) is 108 cm³/mol. The van der Waals surface area contributed by atoms with Crippen molar-refractivity contribution in [2.75, 3.05) is 18.4 Å². The second-order valence-electron chi connectivity index (χ2n) is 5.85. The molecule has 0 radical (unpaired) electrons. The summed E-state index contributed by atoms with van der Waals surface area (Å²) in [6.07, 6.45) is 0. The Bertz CT molecular complexity index is 869. The molecular weight excluding hydrogens is 352 g/mol. The van der Waals surface area contributed by atoms with Gasteiger partial charge >= 0.3 is 0 Å². The van der Waals surface area contributed by atoms with E-state index in [1.165, 1.54) is 16.9 Å². The van der Waals surface area contributed by atoms with Crippen molar-refractivity contribution in [1.82, 2.24) is 4.90 Å². The lowest BCUT2D eigenvalue weighted by Crippen LogP contribution is -2.22. The van der Waals surface area contributed by atoms with Crippen molar-refractivity contribution in [3.05, 3.63) is 64.0 Å². The molecule has 3 rings (SSSR count). The number of rotatable bonds is 6. The summed E-state index contributed by atoms with van der Waals surface area (Å²) in [6, 6.07) is 15.8. The fourth-order valence-corrected chi connectivity index (χ4v) is 4.16. The summed E-state index contributed by atoms with van der Waals surface area (Å²) in [5, 5.41) is 4.39. The van der Waals surface area contributed by atoms with Crippen LogP contribution in [0.15, 0.2) is 48.5 Å². The summed E-state index contributed by atoms with van der Waals surface area (Å²) in [5.74, 6) is -0.164. The normalized spacial score (nSPS) is 11.2. The Labute approximate surface area is 157 Å². The minimum atomic E-state index is -0.164. The van der Waals surface area contributed by atoms with Crippen LogP contribution in [0, 0.1) is 0 Å². The van der Waals surface area contributed by atoms with Crippen molar-refractivity contribution in [3.63, 3.8) is 0 Å². The van der Waals surface area contributed by atoms with Gasteiger partial charge in [-0.1, -0.05) is 55.8 Å². The highest BCUT2D eigenvalue weighted by Crippen LogP contribution is 2.35. The number of thiophene rings is 1. The zero-order valence-corrected chi connectivity index (χ0v) is 16.0. The first-order valence-electron chi connectivity index (χ1n) is 8.42. The Morgan fingerprint density at radius 2 is 1.76 bits per heavy atom. The molecule has 0 spiro atoms. The van der Waals surface area contributed by atoms with E-state index in [-0.39, 0.29) is 5.91 Å². The summed E-state index contributed by atoms with van der Waals surface area (Å²) >= 11 is 7.79. The third-order valence-corrected chi connectivity index (χ3v) is 5.93. The lowest BCUT2D eigenvalue weighted by atomic mass is 10.2. The van der Waals surface area contributed by atoms with Crippen LogP contribution in [-0.4, -0.2) is 23.9 Å². The summed E-state index contributed by atoms with van der Waals surface area (Å²) in [5.41, 5.74) is 2.02. The fraction of sp³-hybridized carbons (Fsp3) is 0.250. The van der Waals surface area contributed by atoms with Crippen LogP contribution in [0.4, 0.5) is 5.69 Å². The molecule has 3 aromatic rings. The van der Waals surface area contributed by atoms with Crippen LogP contribution in [0.5, 0.6) is 0 Å². The lowest BCUT2D eigenvalue weighted by molar-refractivity contribution is 0.103. The summed E-state index contributed by atoms with van der Waals surface area (Å²) in [7, 11) is 0. The molecule has 0 fully saturated rings. The van der Waals surface area contributed by atoms with Gasteiger partial charge in [-0.2, -0.15) is 0 Å². The maximum Gasteiger partial charge on any atom is 0.267 e. The molecule has 2 aromatic carbocycles. The van der Waals surface area contributed by atoms with E-state index in [1.54, 1.807) is 0 Å². The standard InChI is InChI=1S/C20H21ClN2OS/c1-3-23(4-2)13-14-9-11-15(12-10-14)22-20(24)19-18(21)16-7-5-6-8-17(16)25-19/h5-12H,3-4,13H2,1-2H3,(H,22,24). The molecule has 0 unspecified atom stereocenters. The topological polar surface area (TPSA) is 32.3 Å². The first kappa shape index (κ1) is 17.9. The largest absolute Gasteiger partial charge is 0.321 e. The number of benzene rings is 2. The number of halogens is 1. The number of amides is 1. The van der Waals surface area contributed by atoms with E-state index in [2.05, 4.69) is 36.2 Å². The smallest absolute Gasteiger partial charge is 0.267 e. The van der Waals surface area contributed by atoms with Gasteiger partial charge in [0.2, 0.25) is 0 Å². The SMILES string of the molecule is CCN(CC)Cc1ccc(NC(=O)c2sc3ccccc3c2Cl)cc1. The predicted octanol–water partition coefficient (Wildman–Crippen LogP) is 5.65. The van der Waals surface area contributed by atoms with Gasteiger partial charge in [0.25, 0.3) is 5.91 Å². The van der Waals surface area contributed by atoms with Gasteiger partial charge in [0.05, 0.1) is 5.02 Å². The van der Waals surface area contributed by atoms with Gasteiger partial charge in [-0.15, -0.1) is 11.3 Å². The van der Waals surface area contributed by atoms with Crippen LogP contribution in [-0.2, 0) is 6.54 Å². The minimum Gasteiger partial charge on any atom is -0.321 e. The van der Waals surface area contributed by atoms with Crippen molar-refractivity contribution >= 4 is 44.6 Å². The number of nitrogens with one attached hydrogen (secondary N) is 1. The fourth-order valence-electron chi connectivity index (χ4n) is 2.75. The molecule has 0 saturated heterocycles. The van der Waals surface area contributed by atoms with Crippen molar-refractivity contribution in [2.24, 2.45) is 0 Å². The Balaban J connectivity index is 1.73. The number of fused-ring (bicyclic) bond motifs is 1. The molecular formula is C20H21ClN2OS. The van der Waals surface area contributed by atoms with Gasteiger partial charge in [-0.25, -0.2) is 0 Å². The Hall–Kier alpha value is -1.88. The molecule has 1 heterocycles. The van der Waals surface area contributed by atoms with Crippen LogP contribution in [0.25, 0.3) is 10.1 Å². The highest BCUT2D eigenvalue weighted by Gasteiger charge is 2.17. The minimum absolute atomic E-state index is 0.164. The number of carbonyl (C=O) groups excluding carboxylic acids is 1. The van der Waals surface area contributed by atoms with E-state index in [0.717, 1.165) is 35.4 Å². The number of nitrogens with zero attached hydrogens (tertiary/aromatic N) is 1. The third-order valence-electron chi connectivity index (χ3n) is 4.25. The van der Waals surface area contributed by atoms with E-state index < -0.39 is 0 Å². The molecule has 3 nitrogen and oxygen atoms in total.